The lowest BCUT2D eigenvalue weighted by molar-refractivity contribution is 0.337. The number of halogens is 2. The average molecular weight is 271 g/mol. The van der Waals surface area contributed by atoms with Crippen LogP contribution in [-0.4, -0.2) is 6.61 Å². The zero-order valence-electron chi connectivity index (χ0n) is 10.1. The highest BCUT2D eigenvalue weighted by Gasteiger charge is 2.09. The molecule has 0 bridgehead atoms. The molecule has 92 valence electrons. The van der Waals surface area contributed by atoms with E-state index in [9.17, 15) is 0 Å². The smallest absolute Gasteiger partial charge is 0.141 e. The number of ether oxygens (including phenoxy) is 1. The molecule has 0 atom stereocenters. The molecule has 1 nitrogen and oxygen atoms in total. The molecule has 0 aromatic heterocycles. The SMILES string of the molecule is CCC#CCCc1cc(Cl)cc(Cl)c1OCC. The van der Waals surface area contributed by atoms with E-state index in [1.165, 1.54) is 0 Å². The van der Waals surface area contributed by atoms with Gasteiger partial charge in [0.2, 0.25) is 0 Å². The molecule has 0 saturated heterocycles. The Balaban J connectivity index is 2.87. The Morgan fingerprint density at radius 2 is 1.94 bits per heavy atom. The van der Waals surface area contributed by atoms with Crippen molar-refractivity contribution in [1.29, 1.82) is 0 Å². The summed E-state index contributed by atoms with van der Waals surface area (Å²) >= 11 is 12.1. The van der Waals surface area contributed by atoms with Crippen LogP contribution in [0.5, 0.6) is 5.75 Å². The van der Waals surface area contributed by atoms with Gasteiger partial charge in [0.05, 0.1) is 11.6 Å². The van der Waals surface area contributed by atoms with Crippen molar-refractivity contribution >= 4 is 23.2 Å². The van der Waals surface area contributed by atoms with Crippen LogP contribution in [0.3, 0.4) is 0 Å². The van der Waals surface area contributed by atoms with Crippen LogP contribution in [0.15, 0.2) is 12.1 Å². The quantitative estimate of drug-likeness (QED) is 0.719. The Hall–Kier alpha value is -0.840. The Morgan fingerprint density at radius 3 is 2.59 bits per heavy atom. The van der Waals surface area contributed by atoms with Gasteiger partial charge >= 0.3 is 0 Å². The number of hydrogen-bond acceptors (Lipinski definition) is 1. The molecule has 0 saturated carbocycles. The van der Waals surface area contributed by atoms with Crippen LogP contribution in [0.25, 0.3) is 0 Å². The fourth-order valence-electron chi connectivity index (χ4n) is 1.52. The first-order chi connectivity index (χ1) is 8.19. The molecule has 0 unspecified atom stereocenters. The van der Waals surface area contributed by atoms with Crippen LogP contribution >= 0.6 is 23.2 Å². The summed E-state index contributed by atoms with van der Waals surface area (Å²) in [5.74, 6) is 6.88. The third-order valence-corrected chi connectivity index (χ3v) is 2.69. The molecular formula is C14H16Cl2O. The van der Waals surface area contributed by atoms with Crippen LogP contribution in [0.2, 0.25) is 10.0 Å². The van der Waals surface area contributed by atoms with Crippen molar-refractivity contribution in [3.8, 4) is 17.6 Å². The van der Waals surface area contributed by atoms with Gasteiger partial charge < -0.3 is 4.74 Å². The van der Waals surface area contributed by atoms with Crippen molar-refractivity contribution in [2.75, 3.05) is 6.61 Å². The monoisotopic (exact) mass is 270 g/mol. The van der Waals surface area contributed by atoms with Crippen molar-refractivity contribution in [3.63, 3.8) is 0 Å². The van der Waals surface area contributed by atoms with Gasteiger partial charge in [-0.1, -0.05) is 30.1 Å². The van der Waals surface area contributed by atoms with Crippen molar-refractivity contribution in [2.24, 2.45) is 0 Å². The predicted molar refractivity (Wildman–Crippen MR) is 74.0 cm³/mol. The summed E-state index contributed by atoms with van der Waals surface area (Å²) in [5.41, 5.74) is 1.02. The highest BCUT2D eigenvalue weighted by Crippen LogP contribution is 2.33. The largest absolute Gasteiger partial charge is 0.492 e. The van der Waals surface area contributed by atoms with Gasteiger partial charge in [-0.25, -0.2) is 0 Å². The molecule has 0 fully saturated rings. The summed E-state index contributed by atoms with van der Waals surface area (Å²) in [4.78, 5) is 0. The van der Waals surface area contributed by atoms with Crippen molar-refractivity contribution in [3.05, 3.63) is 27.7 Å². The van der Waals surface area contributed by atoms with Crippen LogP contribution < -0.4 is 4.74 Å². The van der Waals surface area contributed by atoms with E-state index < -0.39 is 0 Å². The Morgan fingerprint density at radius 1 is 1.18 bits per heavy atom. The fourth-order valence-corrected chi connectivity index (χ4v) is 2.11. The number of hydrogen-bond donors (Lipinski definition) is 0. The van der Waals surface area contributed by atoms with Gasteiger partial charge in [0.1, 0.15) is 5.75 Å². The fraction of sp³-hybridized carbons (Fsp3) is 0.429. The van der Waals surface area contributed by atoms with E-state index in [1.807, 2.05) is 19.9 Å². The first kappa shape index (κ1) is 14.2. The van der Waals surface area contributed by atoms with Gasteiger partial charge in [0.15, 0.2) is 0 Å². The van der Waals surface area contributed by atoms with Crippen LogP contribution in [0.1, 0.15) is 32.3 Å². The molecule has 0 aliphatic rings. The molecule has 0 N–H and O–H groups in total. The molecule has 17 heavy (non-hydrogen) atoms. The molecular weight excluding hydrogens is 255 g/mol. The Bertz CT molecular complexity index is 430. The molecule has 0 aliphatic carbocycles. The van der Waals surface area contributed by atoms with Crippen molar-refractivity contribution < 1.29 is 4.74 Å². The second-order valence-corrected chi connectivity index (χ2v) is 4.36. The molecule has 0 radical (unpaired) electrons. The third kappa shape index (κ3) is 4.50. The van der Waals surface area contributed by atoms with E-state index in [1.54, 1.807) is 6.07 Å². The van der Waals surface area contributed by atoms with Gasteiger partial charge in [-0.3, -0.25) is 0 Å². The standard InChI is InChI=1S/C14H16Cl2O/c1-3-5-6-7-8-11-9-12(15)10-13(16)14(11)17-4-2/h9-10H,3-4,7-8H2,1-2H3. The molecule has 1 rings (SSSR count). The summed E-state index contributed by atoms with van der Waals surface area (Å²) in [7, 11) is 0. The lowest BCUT2D eigenvalue weighted by Gasteiger charge is -2.11. The minimum Gasteiger partial charge on any atom is -0.492 e. The Kier molecular flexibility index (Phi) is 6.26. The second kappa shape index (κ2) is 7.48. The first-order valence-electron chi connectivity index (χ1n) is 5.75. The topological polar surface area (TPSA) is 9.23 Å². The summed E-state index contributed by atoms with van der Waals surface area (Å²) in [6, 6.07) is 3.60. The van der Waals surface area contributed by atoms with Crippen molar-refractivity contribution in [2.45, 2.75) is 33.1 Å². The van der Waals surface area contributed by atoms with Gasteiger partial charge in [-0.2, -0.15) is 0 Å². The molecule has 3 heteroatoms. The third-order valence-electron chi connectivity index (χ3n) is 2.20. The lowest BCUT2D eigenvalue weighted by atomic mass is 10.1. The number of benzene rings is 1. The summed E-state index contributed by atoms with van der Waals surface area (Å²) in [6.07, 6.45) is 2.49. The number of rotatable bonds is 4. The van der Waals surface area contributed by atoms with E-state index in [-0.39, 0.29) is 0 Å². The van der Waals surface area contributed by atoms with E-state index in [4.69, 9.17) is 27.9 Å². The van der Waals surface area contributed by atoms with E-state index in [0.29, 0.717) is 16.7 Å². The highest BCUT2D eigenvalue weighted by atomic mass is 35.5. The minimum atomic E-state index is 0.567. The normalized spacial score (nSPS) is 9.65. The van der Waals surface area contributed by atoms with Gasteiger partial charge in [-0.15, -0.1) is 11.8 Å². The second-order valence-electron chi connectivity index (χ2n) is 3.52. The maximum Gasteiger partial charge on any atom is 0.141 e. The Labute approximate surface area is 113 Å². The lowest BCUT2D eigenvalue weighted by Crippen LogP contribution is -1.98. The summed E-state index contributed by atoms with van der Waals surface area (Å²) in [5, 5.41) is 1.20. The summed E-state index contributed by atoms with van der Waals surface area (Å²) < 4.78 is 5.54. The molecule has 0 amide bonds. The van der Waals surface area contributed by atoms with Gasteiger partial charge in [0.25, 0.3) is 0 Å². The number of aryl methyl sites for hydroxylation is 1. The predicted octanol–water partition coefficient (Wildman–Crippen LogP) is 4.74. The maximum absolute atomic E-state index is 6.11. The van der Waals surface area contributed by atoms with E-state index in [0.717, 1.165) is 30.6 Å². The zero-order chi connectivity index (χ0) is 12.7. The highest BCUT2D eigenvalue weighted by molar-refractivity contribution is 6.35. The minimum absolute atomic E-state index is 0.567. The van der Waals surface area contributed by atoms with Crippen molar-refractivity contribution in [1.82, 2.24) is 0 Å². The molecule has 1 aromatic rings. The zero-order valence-corrected chi connectivity index (χ0v) is 11.7. The summed E-state index contributed by atoms with van der Waals surface area (Å²) in [6.45, 7) is 4.56. The molecule has 0 spiro atoms. The van der Waals surface area contributed by atoms with E-state index >= 15 is 0 Å². The van der Waals surface area contributed by atoms with Crippen LogP contribution in [-0.2, 0) is 6.42 Å². The maximum atomic E-state index is 6.11. The van der Waals surface area contributed by atoms with Gasteiger partial charge in [0, 0.05) is 17.9 Å². The molecule has 1 aromatic carbocycles. The van der Waals surface area contributed by atoms with Crippen LogP contribution in [0, 0.1) is 11.8 Å². The molecule has 0 aliphatic heterocycles. The first-order valence-corrected chi connectivity index (χ1v) is 6.51. The van der Waals surface area contributed by atoms with Gasteiger partial charge in [-0.05, 0) is 31.0 Å². The average Bonchev–Trinajstić information content (AvgIpc) is 2.29. The molecule has 0 heterocycles. The van der Waals surface area contributed by atoms with Crippen LogP contribution in [0.4, 0.5) is 0 Å². The van der Waals surface area contributed by atoms with E-state index in [2.05, 4.69) is 11.8 Å².